The molecule has 1 aliphatic carbocycles. The molecule has 1 aromatic carbocycles. The summed E-state index contributed by atoms with van der Waals surface area (Å²) in [5, 5.41) is 0. The zero-order valence-corrected chi connectivity index (χ0v) is 10.5. The van der Waals surface area contributed by atoms with Gasteiger partial charge in [0.1, 0.15) is 5.82 Å². The fourth-order valence-electron chi connectivity index (χ4n) is 2.23. The molecule has 0 aromatic heterocycles. The van der Waals surface area contributed by atoms with Gasteiger partial charge in [0.15, 0.2) is 5.78 Å². The van der Waals surface area contributed by atoms with Gasteiger partial charge in [0.05, 0.1) is 0 Å². The maximum absolute atomic E-state index is 13.1. The van der Waals surface area contributed by atoms with Gasteiger partial charge in [-0.1, -0.05) is 6.92 Å². The molecule has 0 aliphatic heterocycles. The Morgan fingerprint density at radius 3 is 2.71 bits per heavy atom. The number of benzene rings is 1. The van der Waals surface area contributed by atoms with Gasteiger partial charge in [0, 0.05) is 24.8 Å². The van der Waals surface area contributed by atoms with Gasteiger partial charge < -0.3 is 4.90 Å². The quantitative estimate of drug-likeness (QED) is 0.747. The van der Waals surface area contributed by atoms with Crippen molar-refractivity contribution in [3.63, 3.8) is 0 Å². The smallest absolute Gasteiger partial charge is 0.161 e. The van der Waals surface area contributed by atoms with E-state index in [0.29, 0.717) is 11.5 Å². The largest absolute Gasteiger partial charge is 0.374 e. The Morgan fingerprint density at radius 1 is 1.53 bits per heavy atom. The van der Waals surface area contributed by atoms with Crippen molar-refractivity contribution in [1.82, 2.24) is 0 Å². The fourth-order valence-corrected chi connectivity index (χ4v) is 2.23. The summed E-state index contributed by atoms with van der Waals surface area (Å²) >= 11 is 0. The Bertz CT molecular complexity index is 444. The fraction of sp³-hybridized carbons (Fsp3) is 0.500. The first-order chi connectivity index (χ1) is 7.99. The van der Waals surface area contributed by atoms with Gasteiger partial charge in [-0.3, -0.25) is 4.79 Å². The highest BCUT2D eigenvalue weighted by Crippen LogP contribution is 2.39. The predicted molar refractivity (Wildman–Crippen MR) is 66.9 cm³/mol. The van der Waals surface area contributed by atoms with Crippen molar-refractivity contribution in [1.29, 1.82) is 0 Å². The number of carbonyl (C=O) groups excluding carboxylic acids is 1. The lowest BCUT2D eigenvalue weighted by molar-refractivity contribution is 0.101. The summed E-state index contributed by atoms with van der Waals surface area (Å²) in [6.07, 6.45) is 1.25. The molecule has 1 aliphatic rings. The van der Waals surface area contributed by atoms with Gasteiger partial charge >= 0.3 is 0 Å². The molecular weight excluding hydrogens is 217 g/mol. The van der Waals surface area contributed by atoms with E-state index in [1.807, 2.05) is 7.05 Å². The molecule has 2 unspecified atom stereocenters. The van der Waals surface area contributed by atoms with Crippen LogP contribution in [0.1, 0.15) is 30.6 Å². The Hall–Kier alpha value is -1.38. The number of rotatable bonds is 4. The standard InChI is InChI=1S/C14H18FNO/c1-9-6-11(9)8-16(3)14-5-4-12(15)7-13(14)10(2)17/h4-5,7,9,11H,6,8H2,1-3H3. The summed E-state index contributed by atoms with van der Waals surface area (Å²) in [6.45, 7) is 4.65. The van der Waals surface area contributed by atoms with Crippen LogP contribution in [0.4, 0.5) is 10.1 Å². The van der Waals surface area contributed by atoms with Crippen molar-refractivity contribution < 1.29 is 9.18 Å². The van der Waals surface area contributed by atoms with Gasteiger partial charge in [0.2, 0.25) is 0 Å². The first-order valence-electron chi connectivity index (χ1n) is 6.00. The molecule has 0 saturated heterocycles. The van der Waals surface area contributed by atoms with Crippen molar-refractivity contribution in [2.75, 3.05) is 18.5 Å². The van der Waals surface area contributed by atoms with Crippen LogP contribution in [0.15, 0.2) is 18.2 Å². The average Bonchev–Trinajstić information content (AvgIpc) is 2.93. The van der Waals surface area contributed by atoms with Crippen molar-refractivity contribution in [3.8, 4) is 0 Å². The molecule has 0 amide bonds. The summed E-state index contributed by atoms with van der Waals surface area (Å²) < 4.78 is 13.1. The molecule has 1 aromatic rings. The first-order valence-corrected chi connectivity index (χ1v) is 6.00. The third kappa shape index (κ3) is 2.65. The SMILES string of the molecule is CC(=O)c1cc(F)ccc1N(C)CC1CC1C. The van der Waals surface area contributed by atoms with E-state index in [9.17, 15) is 9.18 Å². The first kappa shape index (κ1) is 12.1. The number of halogens is 1. The van der Waals surface area contributed by atoms with Gasteiger partial charge in [-0.25, -0.2) is 4.39 Å². The molecule has 0 heterocycles. The van der Waals surface area contributed by atoms with E-state index in [1.165, 1.54) is 25.5 Å². The molecule has 17 heavy (non-hydrogen) atoms. The number of carbonyl (C=O) groups is 1. The van der Waals surface area contributed by atoms with Crippen LogP contribution in [0.25, 0.3) is 0 Å². The molecule has 2 nitrogen and oxygen atoms in total. The maximum Gasteiger partial charge on any atom is 0.161 e. The Labute approximate surface area is 101 Å². The summed E-state index contributed by atoms with van der Waals surface area (Å²) in [5.41, 5.74) is 1.30. The normalized spacial score (nSPS) is 22.4. The topological polar surface area (TPSA) is 20.3 Å². The van der Waals surface area contributed by atoms with E-state index in [1.54, 1.807) is 6.07 Å². The Morgan fingerprint density at radius 2 is 2.18 bits per heavy atom. The Kier molecular flexibility index (Phi) is 3.18. The summed E-state index contributed by atoms with van der Waals surface area (Å²) in [5.74, 6) is 1.05. The second kappa shape index (κ2) is 4.47. The van der Waals surface area contributed by atoms with Gasteiger partial charge in [-0.15, -0.1) is 0 Å². The molecule has 0 spiro atoms. The van der Waals surface area contributed by atoms with E-state index < -0.39 is 0 Å². The number of nitrogens with zero attached hydrogens (tertiary/aromatic N) is 1. The van der Waals surface area contributed by atoms with Crippen molar-refractivity contribution in [2.24, 2.45) is 11.8 Å². The van der Waals surface area contributed by atoms with Crippen molar-refractivity contribution in [3.05, 3.63) is 29.6 Å². The molecule has 2 atom stereocenters. The minimum atomic E-state index is -0.355. The number of hydrogen-bond acceptors (Lipinski definition) is 2. The maximum atomic E-state index is 13.1. The lowest BCUT2D eigenvalue weighted by Crippen LogP contribution is -2.22. The lowest BCUT2D eigenvalue weighted by atomic mass is 10.1. The van der Waals surface area contributed by atoms with E-state index >= 15 is 0 Å². The van der Waals surface area contributed by atoms with Crippen LogP contribution in [-0.2, 0) is 0 Å². The molecule has 1 saturated carbocycles. The number of Topliss-reactive ketones (excluding diaryl/α,β-unsaturated/α-hetero) is 1. The molecule has 0 N–H and O–H groups in total. The highest BCUT2D eigenvalue weighted by molar-refractivity contribution is 5.99. The average molecular weight is 235 g/mol. The van der Waals surface area contributed by atoms with Gasteiger partial charge in [-0.2, -0.15) is 0 Å². The summed E-state index contributed by atoms with van der Waals surface area (Å²) in [7, 11) is 1.96. The van der Waals surface area contributed by atoms with Crippen LogP contribution in [0.3, 0.4) is 0 Å². The number of ketones is 1. The zero-order valence-electron chi connectivity index (χ0n) is 10.5. The van der Waals surface area contributed by atoms with Crippen molar-refractivity contribution in [2.45, 2.75) is 20.3 Å². The monoisotopic (exact) mass is 235 g/mol. The predicted octanol–water partition coefficient (Wildman–Crippen LogP) is 3.12. The third-order valence-corrected chi connectivity index (χ3v) is 3.53. The van der Waals surface area contributed by atoms with E-state index in [0.717, 1.165) is 18.2 Å². The molecular formula is C14H18FNO. The van der Waals surface area contributed by atoms with Crippen LogP contribution in [0.5, 0.6) is 0 Å². The van der Waals surface area contributed by atoms with Crippen LogP contribution in [-0.4, -0.2) is 19.4 Å². The lowest BCUT2D eigenvalue weighted by Gasteiger charge is -2.21. The molecule has 2 rings (SSSR count). The van der Waals surface area contributed by atoms with Gasteiger partial charge in [-0.05, 0) is 43.4 Å². The van der Waals surface area contributed by atoms with E-state index in [2.05, 4.69) is 11.8 Å². The summed E-state index contributed by atoms with van der Waals surface area (Å²) in [6, 6.07) is 4.43. The van der Waals surface area contributed by atoms with Crippen LogP contribution in [0.2, 0.25) is 0 Å². The van der Waals surface area contributed by atoms with Crippen LogP contribution in [0, 0.1) is 17.7 Å². The third-order valence-electron chi connectivity index (χ3n) is 3.53. The van der Waals surface area contributed by atoms with Gasteiger partial charge in [0.25, 0.3) is 0 Å². The molecule has 0 radical (unpaired) electrons. The number of anilines is 1. The molecule has 3 heteroatoms. The molecule has 1 fully saturated rings. The zero-order chi connectivity index (χ0) is 12.6. The van der Waals surface area contributed by atoms with Crippen molar-refractivity contribution >= 4 is 11.5 Å². The highest BCUT2D eigenvalue weighted by Gasteiger charge is 2.33. The van der Waals surface area contributed by atoms with Crippen LogP contribution >= 0.6 is 0 Å². The van der Waals surface area contributed by atoms with E-state index in [4.69, 9.17) is 0 Å². The second-order valence-electron chi connectivity index (χ2n) is 5.07. The van der Waals surface area contributed by atoms with E-state index in [-0.39, 0.29) is 11.6 Å². The summed E-state index contributed by atoms with van der Waals surface area (Å²) in [4.78, 5) is 13.6. The molecule has 0 bridgehead atoms. The second-order valence-corrected chi connectivity index (χ2v) is 5.07. The highest BCUT2D eigenvalue weighted by atomic mass is 19.1. The minimum Gasteiger partial charge on any atom is -0.374 e. The van der Waals surface area contributed by atoms with Crippen LogP contribution < -0.4 is 4.90 Å². The molecule has 92 valence electrons. The minimum absolute atomic E-state index is 0.0878. The number of hydrogen-bond donors (Lipinski definition) is 0. The Balaban J connectivity index is 2.21.